The zero-order valence-electron chi connectivity index (χ0n) is 19.3. The van der Waals surface area contributed by atoms with Crippen molar-refractivity contribution < 1.29 is 14.6 Å². The molecule has 0 bridgehead atoms. The number of fused-ring (bicyclic) bond motifs is 1. The van der Waals surface area contributed by atoms with Crippen LogP contribution in [0.3, 0.4) is 0 Å². The number of amides is 1. The summed E-state index contributed by atoms with van der Waals surface area (Å²) < 4.78 is 5.27. The Balaban J connectivity index is 1.38. The second-order valence-electron chi connectivity index (χ2n) is 8.49. The summed E-state index contributed by atoms with van der Waals surface area (Å²) in [5.74, 6) is 0.689. The van der Waals surface area contributed by atoms with Crippen LogP contribution in [0.25, 0.3) is 10.9 Å². The van der Waals surface area contributed by atoms with Gasteiger partial charge in [-0.1, -0.05) is 48.5 Å². The van der Waals surface area contributed by atoms with Gasteiger partial charge in [-0.15, -0.1) is 0 Å². The predicted molar refractivity (Wildman–Crippen MR) is 135 cm³/mol. The van der Waals surface area contributed by atoms with Crippen molar-refractivity contribution in [3.05, 3.63) is 102 Å². The van der Waals surface area contributed by atoms with Crippen LogP contribution >= 0.6 is 0 Å². The second-order valence-corrected chi connectivity index (χ2v) is 8.49. The molecule has 0 aliphatic carbocycles. The molecule has 0 aliphatic rings. The maximum absolute atomic E-state index is 12.9. The number of H-pyrrole nitrogens is 1. The second kappa shape index (κ2) is 11.5. The molecular formula is C28H31N3O3. The van der Waals surface area contributed by atoms with Gasteiger partial charge in [0.2, 0.25) is 5.91 Å². The number of methoxy groups -OCH3 is 1. The third kappa shape index (κ3) is 6.47. The Morgan fingerprint density at radius 1 is 0.971 bits per heavy atom. The number of aliphatic hydroxyl groups excluding tert-OH is 1. The molecule has 0 aliphatic heterocycles. The highest BCUT2D eigenvalue weighted by Crippen LogP contribution is 2.15. The number of carbonyl (C=O) groups is 1. The molecule has 0 saturated heterocycles. The molecule has 0 radical (unpaired) electrons. The molecular weight excluding hydrogens is 426 g/mol. The van der Waals surface area contributed by atoms with Gasteiger partial charge in [0, 0.05) is 24.8 Å². The molecule has 3 aromatic carbocycles. The number of nitrogens with one attached hydrogen (secondary N) is 3. The van der Waals surface area contributed by atoms with Crippen molar-refractivity contribution in [2.24, 2.45) is 0 Å². The fraction of sp³-hybridized carbons (Fsp3) is 0.250. The smallest absolute Gasteiger partial charge is 0.224 e. The first-order valence-electron chi connectivity index (χ1n) is 11.5. The van der Waals surface area contributed by atoms with Gasteiger partial charge < -0.3 is 25.5 Å². The van der Waals surface area contributed by atoms with Crippen LogP contribution in [0.2, 0.25) is 0 Å². The summed E-state index contributed by atoms with van der Waals surface area (Å²) in [6.07, 6.45) is 1.95. The SMILES string of the molecule is COc1cccc(CNC[C@@H](O)[C@H](Cc2ccccc2)NC(=O)Cc2ccc3[nH]ccc3c2)c1. The van der Waals surface area contributed by atoms with Crippen molar-refractivity contribution in [3.63, 3.8) is 0 Å². The number of ether oxygens (including phenoxy) is 1. The fourth-order valence-electron chi connectivity index (χ4n) is 4.10. The van der Waals surface area contributed by atoms with E-state index >= 15 is 0 Å². The molecule has 4 rings (SSSR count). The number of hydrogen-bond donors (Lipinski definition) is 4. The van der Waals surface area contributed by atoms with Gasteiger partial charge in [0.25, 0.3) is 0 Å². The van der Waals surface area contributed by atoms with Gasteiger partial charge in [-0.05, 0) is 58.8 Å². The van der Waals surface area contributed by atoms with Crippen molar-refractivity contribution in [2.75, 3.05) is 13.7 Å². The topological polar surface area (TPSA) is 86.4 Å². The standard InChI is InChI=1S/C28H31N3O3/c1-34-24-9-5-8-22(15-24)18-29-19-27(32)26(16-20-6-3-2-4-7-20)31-28(33)17-21-10-11-25-23(14-21)12-13-30-25/h2-15,26-27,29-30,32H,16-19H2,1H3,(H,31,33)/t26-,27+/m0/s1. The average Bonchev–Trinajstić information content (AvgIpc) is 3.32. The first-order chi connectivity index (χ1) is 16.6. The lowest BCUT2D eigenvalue weighted by Crippen LogP contribution is -2.49. The normalized spacial score (nSPS) is 12.9. The molecule has 4 aromatic rings. The molecule has 6 heteroatoms. The Kier molecular flexibility index (Phi) is 7.96. The van der Waals surface area contributed by atoms with E-state index in [1.165, 1.54) is 0 Å². The molecule has 0 saturated carbocycles. The Morgan fingerprint density at radius 2 is 1.79 bits per heavy atom. The minimum Gasteiger partial charge on any atom is -0.497 e. The van der Waals surface area contributed by atoms with Crippen LogP contribution in [0.4, 0.5) is 0 Å². The Morgan fingerprint density at radius 3 is 2.62 bits per heavy atom. The number of rotatable bonds is 11. The van der Waals surface area contributed by atoms with Crippen molar-refractivity contribution in [3.8, 4) is 5.75 Å². The number of benzene rings is 3. The largest absolute Gasteiger partial charge is 0.497 e. The van der Waals surface area contributed by atoms with Crippen LogP contribution in [-0.4, -0.2) is 41.8 Å². The van der Waals surface area contributed by atoms with Crippen molar-refractivity contribution in [2.45, 2.75) is 31.5 Å². The molecule has 0 spiro atoms. The molecule has 34 heavy (non-hydrogen) atoms. The minimum absolute atomic E-state index is 0.109. The van der Waals surface area contributed by atoms with Gasteiger partial charge in [0.15, 0.2) is 0 Å². The highest BCUT2D eigenvalue weighted by molar-refractivity contribution is 5.83. The lowest BCUT2D eigenvalue weighted by Gasteiger charge is -2.25. The maximum Gasteiger partial charge on any atom is 0.224 e. The van der Waals surface area contributed by atoms with E-state index < -0.39 is 12.1 Å². The number of carbonyl (C=O) groups excluding carboxylic acids is 1. The van der Waals surface area contributed by atoms with Gasteiger partial charge in [0.05, 0.1) is 25.7 Å². The van der Waals surface area contributed by atoms with Crippen LogP contribution in [-0.2, 0) is 24.2 Å². The summed E-state index contributed by atoms with van der Waals surface area (Å²) in [7, 11) is 1.64. The minimum atomic E-state index is -0.748. The average molecular weight is 458 g/mol. The van der Waals surface area contributed by atoms with Gasteiger partial charge in [-0.2, -0.15) is 0 Å². The van der Waals surface area contributed by atoms with Crippen LogP contribution in [0.15, 0.2) is 85.1 Å². The summed E-state index contributed by atoms with van der Waals surface area (Å²) in [6.45, 7) is 0.946. The van der Waals surface area contributed by atoms with E-state index in [1.807, 2.05) is 85.1 Å². The van der Waals surface area contributed by atoms with Crippen LogP contribution in [0.5, 0.6) is 5.75 Å². The summed E-state index contributed by atoms with van der Waals surface area (Å²) in [5.41, 5.74) is 4.11. The van der Waals surface area contributed by atoms with E-state index in [0.717, 1.165) is 33.3 Å². The summed E-state index contributed by atoms with van der Waals surface area (Å²) >= 11 is 0. The molecule has 176 valence electrons. The molecule has 0 fully saturated rings. The first kappa shape index (κ1) is 23.5. The van der Waals surface area contributed by atoms with E-state index in [4.69, 9.17) is 4.74 Å². The number of aromatic amines is 1. The molecule has 1 amide bonds. The van der Waals surface area contributed by atoms with Gasteiger partial charge in [0.1, 0.15) is 5.75 Å². The van der Waals surface area contributed by atoms with Crippen LogP contribution < -0.4 is 15.4 Å². The lowest BCUT2D eigenvalue weighted by molar-refractivity contribution is -0.122. The number of hydrogen-bond acceptors (Lipinski definition) is 4. The van der Waals surface area contributed by atoms with E-state index in [1.54, 1.807) is 7.11 Å². The monoisotopic (exact) mass is 457 g/mol. The summed E-state index contributed by atoms with van der Waals surface area (Å²) in [5, 5.41) is 18.4. The van der Waals surface area contributed by atoms with Gasteiger partial charge >= 0.3 is 0 Å². The summed E-state index contributed by atoms with van der Waals surface area (Å²) in [4.78, 5) is 16.1. The molecule has 4 N–H and O–H groups in total. The first-order valence-corrected chi connectivity index (χ1v) is 11.5. The number of aromatic nitrogens is 1. The van der Waals surface area contributed by atoms with Crippen molar-refractivity contribution in [1.82, 2.24) is 15.6 Å². The predicted octanol–water partition coefficient (Wildman–Crippen LogP) is 3.60. The quantitative estimate of drug-likeness (QED) is 0.277. The highest BCUT2D eigenvalue weighted by atomic mass is 16.5. The number of aliphatic hydroxyl groups is 1. The molecule has 0 unspecified atom stereocenters. The fourth-order valence-corrected chi connectivity index (χ4v) is 4.10. The van der Waals surface area contributed by atoms with E-state index in [2.05, 4.69) is 15.6 Å². The molecule has 1 heterocycles. The van der Waals surface area contributed by atoms with Crippen molar-refractivity contribution >= 4 is 16.8 Å². The van der Waals surface area contributed by atoms with Crippen LogP contribution in [0, 0.1) is 0 Å². The van der Waals surface area contributed by atoms with Gasteiger partial charge in [-0.3, -0.25) is 4.79 Å². The Hall–Kier alpha value is -3.61. The molecule has 1 aromatic heterocycles. The third-order valence-corrected chi connectivity index (χ3v) is 5.91. The van der Waals surface area contributed by atoms with E-state index in [-0.39, 0.29) is 12.3 Å². The van der Waals surface area contributed by atoms with E-state index in [9.17, 15) is 9.90 Å². The Labute approximate surface area is 200 Å². The van der Waals surface area contributed by atoms with Crippen LogP contribution in [0.1, 0.15) is 16.7 Å². The molecule has 6 nitrogen and oxygen atoms in total. The highest BCUT2D eigenvalue weighted by Gasteiger charge is 2.22. The van der Waals surface area contributed by atoms with Gasteiger partial charge in [-0.25, -0.2) is 0 Å². The maximum atomic E-state index is 12.9. The zero-order chi connectivity index (χ0) is 23.8. The molecule has 2 atom stereocenters. The zero-order valence-corrected chi connectivity index (χ0v) is 19.3. The Bertz CT molecular complexity index is 1210. The van der Waals surface area contributed by atoms with E-state index in [0.29, 0.717) is 19.5 Å². The summed E-state index contributed by atoms with van der Waals surface area (Å²) in [6, 6.07) is 25.3. The third-order valence-electron chi connectivity index (χ3n) is 5.91. The van der Waals surface area contributed by atoms with Crippen molar-refractivity contribution in [1.29, 1.82) is 0 Å². The lowest BCUT2D eigenvalue weighted by atomic mass is 10.00.